The lowest BCUT2D eigenvalue weighted by atomic mass is 9.92. The minimum absolute atomic E-state index is 0.204. The van der Waals surface area contributed by atoms with Gasteiger partial charge in [0.05, 0.1) is 6.04 Å². The smallest absolute Gasteiger partial charge is 0.149 e. The number of hydrogen-bond donors (Lipinski definition) is 1. The molecule has 0 radical (unpaired) electrons. The zero-order valence-corrected chi connectivity index (χ0v) is 9.12. The lowest BCUT2D eigenvalue weighted by Crippen LogP contribution is -2.46. The average Bonchev–Trinajstić information content (AvgIpc) is 2.56. The number of carbonyl (C=O) groups excluding carboxylic acids is 1. The molecule has 80 valence electrons. The lowest BCUT2D eigenvalue weighted by molar-refractivity contribution is -0.123. The van der Waals surface area contributed by atoms with Crippen LogP contribution in [0.2, 0.25) is 0 Å². The van der Waals surface area contributed by atoms with Gasteiger partial charge in [0.15, 0.2) is 0 Å². The van der Waals surface area contributed by atoms with Gasteiger partial charge in [-0.15, -0.1) is 0 Å². The van der Waals surface area contributed by atoms with E-state index < -0.39 is 0 Å². The van der Waals surface area contributed by atoms with Crippen LogP contribution >= 0.6 is 0 Å². The molecule has 0 aromatic rings. The number of Topliss-reactive ketones (excluding diaryl/α,β-unsaturated/α-hetero) is 1. The first-order valence-corrected chi connectivity index (χ1v) is 5.69. The van der Waals surface area contributed by atoms with Crippen LogP contribution in [0.5, 0.6) is 0 Å². The van der Waals surface area contributed by atoms with E-state index in [1.54, 1.807) is 0 Å². The summed E-state index contributed by atoms with van der Waals surface area (Å²) in [6, 6.07) is 0.805. The van der Waals surface area contributed by atoms with Crippen molar-refractivity contribution in [3.63, 3.8) is 0 Å². The molecule has 0 bridgehead atoms. The van der Waals surface area contributed by atoms with E-state index in [1.165, 1.54) is 6.42 Å². The highest BCUT2D eigenvalue weighted by molar-refractivity contribution is 5.84. The first kappa shape index (κ1) is 10.1. The zero-order chi connectivity index (χ0) is 10.1. The molecule has 2 aliphatic heterocycles. The number of rotatable bonds is 2. The number of ketones is 1. The summed E-state index contributed by atoms with van der Waals surface area (Å²) in [7, 11) is 2.11. The Morgan fingerprint density at radius 2 is 2.36 bits per heavy atom. The topological polar surface area (TPSA) is 32.3 Å². The highest BCUT2D eigenvalue weighted by atomic mass is 16.1. The summed E-state index contributed by atoms with van der Waals surface area (Å²) < 4.78 is 0. The van der Waals surface area contributed by atoms with E-state index in [0.29, 0.717) is 18.2 Å². The number of hydrogen-bond acceptors (Lipinski definition) is 3. The number of fused-ring (bicyclic) bond motifs is 1. The van der Waals surface area contributed by atoms with Crippen molar-refractivity contribution in [2.45, 2.75) is 38.3 Å². The van der Waals surface area contributed by atoms with Gasteiger partial charge in [-0.05, 0) is 32.4 Å². The summed E-state index contributed by atoms with van der Waals surface area (Å²) >= 11 is 0. The number of piperidine rings is 1. The molecule has 0 saturated carbocycles. The fourth-order valence-electron chi connectivity index (χ4n) is 2.93. The Kier molecular flexibility index (Phi) is 2.88. The first-order chi connectivity index (χ1) is 6.74. The summed E-state index contributed by atoms with van der Waals surface area (Å²) in [6.07, 6.45) is 3.01. The van der Waals surface area contributed by atoms with E-state index in [4.69, 9.17) is 0 Å². The van der Waals surface area contributed by atoms with Crippen molar-refractivity contribution in [2.75, 3.05) is 20.1 Å². The molecule has 0 spiro atoms. The number of carbonyl (C=O) groups is 1. The molecule has 2 aliphatic rings. The predicted molar refractivity (Wildman–Crippen MR) is 56.2 cm³/mol. The fourth-order valence-corrected chi connectivity index (χ4v) is 2.93. The van der Waals surface area contributed by atoms with Crippen LogP contribution in [0.4, 0.5) is 0 Å². The SMILES string of the molecule is CCC(=O)C1CC2CCNCC2N1C. The van der Waals surface area contributed by atoms with Crippen molar-refractivity contribution in [3.8, 4) is 0 Å². The Balaban J connectivity index is 2.06. The van der Waals surface area contributed by atoms with Crippen LogP contribution in [-0.2, 0) is 4.79 Å². The molecule has 0 aliphatic carbocycles. The molecule has 1 N–H and O–H groups in total. The average molecular weight is 196 g/mol. The standard InChI is InChI=1S/C11H20N2O/c1-3-11(14)9-6-8-4-5-12-7-10(8)13(9)2/h8-10,12H,3-7H2,1-2H3. The van der Waals surface area contributed by atoms with Gasteiger partial charge >= 0.3 is 0 Å². The van der Waals surface area contributed by atoms with Crippen molar-refractivity contribution in [1.82, 2.24) is 10.2 Å². The van der Waals surface area contributed by atoms with Crippen molar-refractivity contribution >= 4 is 5.78 Å². The summed E-state index contributed by atoms with van der Waals surface area (Å²) in [6.45, 7) is 4.16. The third kappa shape index (κ3) is 1.59. The van der Waals surface area contributed by atoms with E-state index in [1.807, 2.05) is 6.92 Å². The van der Waals surface area contributed by atoms with Gasteiger partial charge in [0, 0.05) is 19.0 Å². The molecule has 14 heavy (non-hydrogen) atoms. The largest absolute Gasteiger partial charge is 0.315 e. The van der Waals surface area contributed by atoms with Crippen LogP contribution in [0.15, 0.2) is 0 Å². The zero-order valence-electron chi connectivity index (χ0n) is 9.12. The maximum atomic E-state index is 11.7. The van der Waals surface area contributed by atoms with Gasteiger partial charge in [0.25, 0.3) is 0 Å². The Bertz CT molecular complexity index is 229. The normalized spacial score (nSPS) is 38.3. The number of likely N-dealkylation sites (N-methyl/N-ethyl adjacent to an activating group) is 1. The van der Waals surface area contributed by atoms with E-state index in [2.05, 4.69) is 17.3 Å². The molecule has 2 fully saturated rings. The van der Waals surface area contributed by atoms with Gasteiger partial charge in [0.2, 0.25) is 0 Å². The van der Waals surface area contributed by atoms with Crippen LogP contribution in [0.3, 0.4) is 0 Å². The molecule has 0 amide bonds. The van der Waals surface area contributed by atoms with Gasteiger partial charge < -0.3 is 5.32 Å². The van der Waals surface area contributed by atoms with Gasteiger partial charge in [-0.25, -0.2) is 0 Å². The summed E-state index contributed by atoms with van der Waals surface area (Å²) in [5, 5.41) is 3.41. The molecule has 2 saturated heterocycles. The molecule has 2 heterocycles. The number of likely N-dealkylation sites (tertiary alicyclic amines) is 1. The summed E-state index contributed by atoms with van der Waals surface area (Å²) in [4.78, 5) is 14.0. The molecule has 3 heteroatoms. The summed E-state index contributed by atoms with van der Waals surface area (Å²) in [5.74, 6) is 1.17. The van der Waals surface area contributed by atoms with Gasteiger partial charge in [-0.2, -0.15) is 0 Å². The second kappa shape index (κ2) is 3.99. The molecule has 3 nitrogen and oxygen atoms in total. The van der Waals surface area contributed by atoms with Crippen LogP contribution in [0.25, 0.3) is 0 Å². The van der Waals surface area contributed by atoms with Crippen molar-refractivity contribution in [1.29, 1.82) is 0 Å². The molecule has 3 atom stereocenters. The fraction of sp³-hybridized carbons (Fsp3) is 0.909. The van der Waals surface area contributed by atoms with Crippen molar-refractivity contribution < 1.29 is 4.79 Å². The Morgan fingerprint density at radius 1 is 1.57 bits per heavy atom. The van der Waals surface area contributed by atoms with E-state index in [-0.39, 0.29) is 6.04 Å². The third-order valence-corrected chi connectivity index (χ3v) is 3.85. The van der Waals surface area contributed by atoms with E-state index >= 15 is 0 Å². The maximum absolute atomic E-state index is 11.7. The first-order valence-electron chi connectivity index (χ1n) is 5.69. The Labute approximate surface area is 85.8 Å². The molecular weight excluding hydrogens is 176 g/mol. The molecule has 0 aromatic heterocycles. The second-order valence-electron chi connectivity index (χ2n) is 4.56. The van der Waals surface area contributed by atoms with Gasteiger partial charge in [-0.3, -0.25) is 9.69 Å². The highest BCUT2D eigenvalue weighted by Gasteiger charge is 2.42. The quantitative estimate of drug-likeness (QED) is 0.703. The molecule has 2 rings (SSSR count). The van der Waals surface area contributed by atoms with Crippen molar-refractivity contribution in [3.05, 3.63) is 0 Å². The van der Waals surface area contributed by atoms with Crippen LogP contribution in [-0.4, -0.2) is 42.9 Å². The minimum atomic E-state index is 0.204. The highest BCUT2D eigenvalue weighted by Crippen LogP contribution is 2.33. The van der Waals surface area contributed by atoms with Crippen LogP contribution in [0.1, 0.15) is 26.2 Å². The maximum Gasteiger partial charge on any atom is 0.149 e. The third-order valence-electron chi connectivity index (χ3n) is 3.85. The van der Waals surface area contributed by atoms with Crippen LogP contribution < -0.4 is 5.32 Å². The number of nitrogens with one attached hydrogen (secondary N) is 1. The van der Waals surface area contributed by atoms with Crippen molar-refractivity contribution in [2.24, 2.45) is 5.92 Å². The van der Waals surface area contributed by atoms with E-state index in [0.717, 1.165) is 25.4 Å². The summed E-state index contributed by atoms with van der Waals surface area (Å²) in [5.41, 5.74) is 0. The minimum Gasteiger partial charge on any atom is -0.315 e. The molecule has 0 aromatic carbocycles. The van der Waals surface area contributed by atoms with Gasteiger partial charge in [-0.1, -0.05) is 6.92 Å². The van der Waals surface area contributed by atoms with Crippen LogP contribution in [0, 0.1) is 5.92 Å². The monoisotopic (exact) mass is 196 g/mol. The van der Waals surface area contributed by atoms with E-state index in [9.17, 15) is 4.79 Å². The Hall–Kier alpha value is -0.410. The second-order valence-corrected chi connectivity index (χ2v) is 4.56. The number of nitrogens with zero attached hydrogens (tertiary/aromatic N) is 1. The molecular formula is C11H20N2O. The Morgan fingerprint density at radius 3 is 3.00 bits per heavy atom. The van der Waals surface area contributed by atoms with Gasteiger partial charge in [0.1, 0.15) is 5.78 Å². The predicted octanol–water partition coefficient (Wildman–Crippen LogP) is 0.648. The lowest BCUT2D eigenvalue weighted by Gasteiger charge is -2.30. The molecule has 3 unspecified atom stereocenters.